The number of carbonyl (C=O) groups is 1. The van der Waals surface area contributed by atoms with Crippen molar-refractivity contribution < 1.29 is 14.6 Å². The molecular weight excluding hydrogens is 206 g/mol. The van der Waals surface area contributed by atoms with Gasteiger partial charge in [0.15, 0.2) is 0 Å². The van der Waals surface area contributed by atoms with Gasteiger partial charge in [0.05, 0.1) is 5.60 Å². The molecule has 0 heterocycles. The molecule has 0 aromatic heterocycles. The maximum absolute atomic E-state index is 11.6. The van der Waals surface area contributed by atoms with Crippen LogP contribution in [-0.4, -0.2) is 48.3 Å². The minimum atomic E-state index is -0.270. The SMILES string of the molecule is CN(CCCCCO)C(=O)COC(C)(C)C. The monoisotopic (exact) mass is 231 g/mol. The second-order valence-electron chi connectivity index (χ2n) is 5.00. The lowest BCUT2D eigenvalue weighted by atomic mass is 10.2. The Kier molecular flexibility index (Phi) is 7.34. The number of unbranched alkanes of at least 4 members (excludes halogenated alkanes) is 2. The highest BCUT2D eigenvalue weighted by Crippen LogP contribution is 2.06. The summed E-state index contributed by atoms with van der Waals surface area (Å²) in [4.78, 5) is 13.3. The molecule has 96 valence electrons. The number of amides is 1. The molecule has 1 amide bonds. The summed E-state index contributed by atoms with van der Waals surface area (Å²) < 4.78 is 5.41. The molecular formula is C12H25NO3. The first-order chi connectivity index (χ1) is 7.37. The first-order valence-corrected chi connectivity index (χ1v) is 5.85. The Hall–Kier alpha value is -0.610. The highest BCUT2D eigenvalue weighted by atomic mass is 16.5. The number of ether oxygens (including phenoxy) is 1. The van der Waals surface area contributed by atoms with Crippen LogP contribution in [0, 0.1) is 0 Å². The zero-order valence-electron chi connectivity index (χ0n) is 11.0. The second-order valence-corrected chi connectivity index (χ2v) is 5.00. The second kappa shape index (κ2) is 7.63. The fourth-order valence-corrected chi connectivity index (χ4v) is 1.15. The zero-order chi connectivity index (χ0) is 12.6. The molecule has 0 aromatic rings. The summed E-state index contributed by atoms with van der Waals surface area (Å²) in [5.74, 6) is 0.0129. The molecule has 0 spiro atoms. The fourth-order valence-electron chi connectivity index (χ4n) is 1.15. The molecule has 0 saturated carbocycles. The maximum atomic E-state index is 11.6. The molecule has 16 heavy (non-hydrogen) atoms. The van der Waals surface area contributed by atoms with Crippen molar-refractivity contribution >= 4 is 5.91 Å². The Bertz CT molecular complexity index is 199. The minimum absolute atomic E-state index is 0.0129. The lowest BCUT2D eigenvalue weighted by molar-refractivity contribution is -0.139. The molecule has 1 N–H and O–H groups in total. The summed E-state index contributed by atoms with van der Waals surface area (Å²) >= 11 is 0. The van der Waals surface area contributed by atoms with Crippen molar-refractivity contribution in [2.45, 2.75) is 45.6 Å². The molecule has 4 heteroatoms. The van der Waals surface area contributed by atoms with Gasteiger partial charge < -0.3 is 14.7 Å². The Labute approximate surface area is 98.6 Å². The number of hydrogen-bond donors (Lipinski definition) is 1. The molecule has 0 atom stereocenters. The van der Waals surface area contributed by atoms with E-state index in [1.807, 2.05) is 20.8 Å². The first kappa shape index (κ1) is 15.4. The Morgan fingerprint density at radius 2 is 1.88 bits per heavy atom. The number of nitrogens with zero attached hydrogens (tertiary/aromatic N) is 1. The maximum Gasteiger partial charge on any atom is 0.248 e. The van der Waals surface area contributed by atoms with Crippen LogP contribution in [0.15, 0.2) is 0 Å². The largest absolute Gasteiger partial charge is 0.396 e. The zero-order valence-corrected chi connectivity index (χ0v) is 11.0. The summed E-state index contributed by atoms with van der Waals surface area (Å²) in [6.45, 7) is 6.89. The van der Waals surface area contributed by atoms with Crippen LogP contribution in [-0.2, 0) is 9.53 Å². The van der Waals surface area contributed by atoms with Crippen molar-refractivity contribution in [3.63, 3.8) is 0 Å². The van der Waals surface area contributed by atoms with Crippen molar-refractivity contribution in [1.82, 2.24) is 4.90 Å². The van der Waals surface area contributed by atoms with Gasteiger partial charge in [0.25, 0.3) is 0 Å². The molecule has 0 aliphatic carbocycles. The number of likely N-dealkylation sites (N-methyl/N-ethyl adjacent to an activating group) is 1. The van der Waals surface area contributed by atoms with Gasteiger partial charge in [0.2, 0.25) is 5.91 Å². The van der Waals surface area contributed by atoms with E-state index in [9.17, 15) is 4.79 Å². The topological polar surface area (TPSA) is 49.8 Å². The van der Waals surface area contributed by atoms with Crippen LogP contribution >= 0.6 is 0 Å². The van der Waals surface area contributed by atoms with E-state index in [2.05, 4.69) is 0 Å². The summed E-state index contributed by atoms with van der Waals surface area (Å²) in [7, 11) is 1.79. The minimum Gasteiger partial charge on any atom is -0.396 e. The fraction of sp³-hybridized carbons (Fsp3) is 0.917. The number of rotatable bonds is 7. The number of carbonyl (C=O) groups excluding carboxylic acids is 1. The molecule has 0 fully saturated rings. The average Bonchev–Trinajstić information content (AvgIpc) is 2.19. The molecule has 0 unspecified atom stereocenters. The van der Waals surface area contributed by atoms with E-state index >= 15 is 0 Å². The van der Waals surface area contributed by atoms with Gasteiger partial charge in [-0.1, -0.05) is 0 Å². The lowest BCUT2D eigenvalue weighted by Crippen LogP contribution is -2.34. The molecule has 0 aliphatic rings. The molecule has 0 aliphatic heterocycles. The quantitative estimate of drug-likeness (QED) is 0.674. The molecule has 0 rings (SSSR count). The molecule has 0 radical (unpaired) electrons. The third-order valence-electron chi connectivity index (χ3n) is 2.21. The summed E-state index contributed by atoms with van der Waals surface area (Å²) in [6, 6.07) is 0. The molecule has 0 bridgehead atoms. The van der Waals surface area contributed by atoms with Gasteiger partial charge in [-0.15, -0.1) is 0 Å². The van der Waals surface area contributed by atoms with Crippen LogP contribution in [0.1, 0.15) is 40.0 Å². The summed E-state index contributed by atoms with van der Waals surface area (Å²) in [6.07, 6.45) is 2.69. The van der Waals surface area contributed by atoms with E-state index < -0.39 is 0 Å². The molecule has 4 nitrogen and oxygen atoms in total. The van der Waals surface area contributed by atoms with Crippen LogP contribution in [0.5, 0.6) is 0 Å². The first-order valence-electron chi connectivity index (χ1n) is 5.85. The highest BCUT2D eigenvalue weighted by Gasteiger charge is 2.15. The summed E-state index contributed by atoms with van der Waals surface area (Å²) in [5, 5.41) is 8.61. The van der Waals surface area contributed by atoms with Gasteiger partial charge in [-0.25, -0.2) is 0 Å². The summed E-state index contributed by atoms with van der Waals surface area (Å²) in [5.41, 5.74) is -0.270. The van der Waals surface area contributed by atoms with E-state index in [-0.39, 0.29) is 24.7 Å². The number of hydrogen-bond acceptors (Lipinski definition) is 3. The van der Waals surface area contributed by atoms with Gasteiger partial charge in [0, 0.05) is 20.2 Å². The number of aliphatic hydroxyl groups is 1. The predicted molar refractivity (Wildman–Crippen MR) is 64.3 cm³/mol. The Morgan fingerprint density at radius 3 is 2.38 bits per heavy atom. The van der Waals surface area contributed by atoms with E-state index in [0.29, 0.717) is 0 Å². The van der Waals surface area contributed by atoms with Crippen LogP contribution in [0.3, 0.4) is 0 Å². The van der Waals surface area contributed by atoms with Gasteiger partial charge >= 0.3 is 0 Å². The van der Waals surface area contributed by atoms with Crippen molar-refractivity contribution in [3.05, 3.63) is 0 Å². The van der Waals surface area contributed by atoms with Gasteiger partial charge in [-0.2, -0.15) is 0 Å². The van der Waals surface area contributed by atoms with Gasteiger partial charge in [0.1, 0.15) is 6.61 Å². The van der Waals surface area contributed by atoms with Crippen LogP contribution in [0.2, 0.25) is 0 Å². The smallest absolute Gasteiger partial charge is 0.248 e. The van der Waals surface area contributed by atoms with Crippen LogP contribution in [0.4, 0.5) is 0 Å². The van der Waals surface area contributed by atoms with E-state index in [0.717, 1.165) is 25.8 Å². The van der Waals surface area contributed by atoms with Crippen molar-refractivity contribution in [1.29, 1.82) is 0 Å². The van der Waals surface area contributed by atoms with Crippen LogP contribution < -0.4 is 0 Å². The van der Waals surface area contributed by atoms with Gasteiger partial charge in [-0.05, 0) is 40.0 Å². The van der Waals surface area contributed by atoms with Gasteiger partial charge in [-0.3, -0.25) is 4.79 Å². The van der Waals surface area contributed by atoms with E-state index in [1.54, 1.807) is 11.9 Å². The van der Waals surface area contributed by atoms with Crippen molar-refractivity contribution in [2.75, 3.05) is 26.8 Å². The van der Waals surface area contributed by atoms with E-state index in [1.165, 1.54) is 0 Å². The third kappa shape index (κ3) is 8.68. The Morgan fingerprint density at radius 1 is 1.25 bits per heavy atom. The third-order valence-corrected chi connectivity index (χ3v) is 2.21. The average molecular weight is 231 g/mol. The van der Waals surface area contributed by atoms with E-state index in [4.69, 9.17) is 9.84 Å². The highest BCUT2D eigenvalue weighted by molar-refractivity contribution is 5.77. The predicted octanol–water partition coefficient (Wildman–Crippen LogP) is 1.42. The van der Waals surface area contributed by atoms with Crippen molar-refractivity contribution in [2.24, 2.45) is 0 Å². The van der Waals surface area contributed by atoms with Crippen LogP contribution in [0.25, 0.3) is 0 Å². The van der Waals surface area contributed by atoms with Crippen molar-refractivity contribution in [3.8, 4) is 0 Å². The Balaban J connectivity index is 3.65. The molecule has 0 aromatic carbocycles. The standard InChI is InChI=1S/C12H25NO3/c1-12(2,3)16-10-11(15)13(4)8-6-5-7-9-14/h14H,5-10H2,1-4H3. The molecule has 0 saturated heterocycles. The normalized spacial score (nSPS) is 11.6. The lowest BCUT2D eigenvalue weighted by Gasteiger charge is -2.22. The number of aliphatic hydroxyl groups excluding tert-OH is 1.